The summed E-state index contributed by atoms with van der Waals surface area (Å²) >= 11 is 0. The van der Waals surface area contributed by atoms with E-state index in [0.29, 0.717) is 0 Å². The van der Waals surface area contributed by atoms with Gasteiger partial charge in [-0.1, -0.05) is 6.07 Å². The minimum Gasteiger partial charge on any atom is -0.393 e. The van der Waals surface area contributed by atoms with Crippen LogP contribution in [-0.2, 0) is 10.7 Å². The van der Waals surface area contributed by atoms with E-state index in [-0.39, 0.29) is 22.4 Å². The minimum atomic E-state index is -4.10. The van der Waals surface area contributed by atoms with Crippen LogP contribution in [0.25, 0.3) is 0 Å². The van der Waals surface area contributed by atoms with Crippen LogP contribution in [0.1, 0.15) is 53.9 Å². The topological polar surface area (TPSA) is 98.7 Å². The Balaban J connectivity index is 2.46. The SMILES string of the molecule is Cc1cc(NC(=O)c2ccc(C(O)CO)c(C(F)(F)C(=O)NC(C)(C)C)c2)ccc1F. The van der Waals surface area contributed by atoms with Crippen molar-refractivity contribution in [1.82, 2.24) is 5.32 Å². The van der Waals surface area contributed by atoms with Crippen LogP contribution in [0.15, 0.2) is 36.4 Å². The third-order valence-electron chi connectivity index (χ3n) is 4.38. The molecule has 0 aliphatic rings. The molecule has 2 aromatic rings. The first kappa shape index (κ1) is 24.4. The number of anilines is 1. The number of rotatable bonds is 6. The lowest BCUT2D eigenvalue weighted by molar-refractivity contribution is -0.148. The molecule has 0 spiro atoms. The number of alkyl halides is 2. The number of carbonyl (C=O) groups is 2. The van der Waals surface area contributed by atoms with Crippen molar-refractivity contribution in [3.63, 3.8) is 0 Å². The van der Waals surface area contributed by atoms with Gasteiger partial charge in [0.2, 0.25) is 0 Å². The van der Waals surface area contributed by atoms with Crippen LogP contribution in [0.5, 0.6) is 0 Å². The lowest BCUT2D eigenvalue weighted by Crippen LogP contribution is -2.48. The van der Waals surface area contributed by atoms with E-state index in [2.05, 4.69) is 10.6 Å². The maximum atomic E-state index is 15.0. The summed E-state index contributed by atoms with van der Waals surface area (Å²) in [6.45, 7) is 5.23. The van der Waals surface area contributed by atoms with Crippen LogP contribution in [0, 0.1) is 12.7 Å². The summed E-state index contributed by atoms with van der Waals surface area (Å²) < 4.78 is 43.5. The number of aliphatic hydroxyl groups excluding tert-OH is 2. The van der Waals surface area contributed by atoms with Gasteiger partial charge in [0.05, 0.1) is 6.61 Å². The average molecular weight is 438 g/mol. The van der Waals surface area contributed by atoms with Crippen molar-refractivity contribution in [2.45, 2.75) is 45.3 Å². The van der Waals surface area contributed by atoms with Gasteiger partial charge in [0.15, 0.2) is 0 Å². The zero-order chi connectivity index (χ0) is 23.6. The Labute approximate surface area is 178 Å². The lowest BCUT2D eigenvalue weighted by atomic mass is 9.94. The van der Waals surface area contributed by atoms with Gasteiger partial charge in [-0.3, -0.25) is 9.59 Å². The Kier molecular flexibility index (Phi) is 7.13. The molecule has 9 heteroatoms. The summed E-state index contributed by atoms with van der Waals surface area (Å²) in [6, 6.07) is 6.88. The second kappa shape index (κ2) is 9.07. The van der Waals surface area contributed by atoms with Crippen LogP contribution in [0.2, 0.25) is 0 Å². The number of hydrogen-bond donors (Lipinski definition) is 4. The number of halogens is 3. The highest BCUT2D eigenvalue weighted by Gasteiger charge is 2.45. The number of aryl methyl sites for hydroxylation is 1. The van der Waals surface area contributed by atoms with Crippen molar-refractivity contribution in [3.05, 3.63) is 64.5 Å². The van der Waals surface area contributed by atoms with E-state index in [1.807, 2.05) is 0 Å². The highest BCUT2D eigenvalue weighted by atomic mass is 19.3. The van der Waals surface area contributed by atoms with E-state index < -0.39 is 47.4 Å². The van der Waals surface area contributed by atoms with Crippen molar-refractivity contribution in [2.75, 3.05) is 11.9 Å². The molecule has 2 rings (SSSR count). The standard InChI is InChI=1S/C22H25F3N2O4/c1-12-9-14(6-8-17(12)23)26-19(30)13-5-7-15(18(29)11-28)16(10-13)22(24,25)20(31)27-21(2,3)4/h5-10,18,28-29H,11H2,1-4H3,(H,26,30)(H,27,31). The fourth-order valence-corrected chi connectivity index (χ4v) is 2.83. The predicted octanol–water partition coefficient (Wildman–Crippen LogP) is 3.42. The van der Waals surface area contributed by atoms with Gasteiger partial charge in [-0.05, 0) is 69.2 Å². The zero-order valence-corrected chi connectivity index (χ0v) is 17.6. The van der Waals surface area contributed by atoms with E-state index in [1.165, 1.54) is 45.9 Å². The molecule has 0 aliphatic carbocycles. The smallest absolute Gasteiger partial charge is 0.350 e. The van der Waals surface area contributed by atoms with Crippen LogP contribution in [0.4, 0.5) is 18.9 Å². The summed E-state index contributed by atoms with van der Waals surface area (Å²) in [5.74, 6) is -6.95. The third kappa shape index (κ3) is 5.83. The first-order valence-electron chi connectivity index (χ1n) is 9.47. The van der Waals surface area contributed by atoms with E-state index in [1.54, 1.807) is 0 Å². The number of benzene rings is 2. The maximum absolute atomic E-state index is 15.0. The third-order valence-corrected chi connectivity index (χ3v) is 4.38. The number of carbonyl (C=O) groups excluding carboxylic acids is 2. The summed E-state index contributed by atoms with van der Waals surface area (Å²) in [5.41, 5.74) is -1.92. The van der Waals surface area contributed by atoms with Crippen molar-refractivity contribution in [3.8, 4) is 0 Å². The summed E-state index contributed by atoms with van der Waals surface area (Å²) in [7, 11) is 0. The summed E-state index contributed by atoms with van der Waals surface area (Å²) in [5, 5.41) is 23.8. The Morgan fingerprint density at radius 2 is 1.74 bits per heavy atom. The minimum absolute atomic E-state index is 0.214. The van der Waals surface area contributed by atoms with Crippen LogP contribution in [0.3, 0.4) is 0 Å². The fourth-order valence-electron chi connectivity index (χ4n) is 2.83. The number of hydrogen-bond acceptors (Lipinski definition) is 4. The number of amides is 2. The molecule has 0 saturated carbocycles. The average Bonchev–Trinajstić information content (AvgIpc) is 2.68. The maximum Gasteiger partial charge on any atom is 0.350 e. The molecular weight excluding hydrogens is 413 g/mol. The highest BCUT2D eigenvalue weighted by Crippen LogP contribution is 2.35. The number of nitrogens with one attached hydrogen (secondary N) is 2. The Hall–Kier alpha value is -2.91. The molecule has 6 nitrogen and oxygen atoms in total. The van der Waals surface area contributed by atoms with Gasteiger partial charge in [0.1, 0.15) is 11.9 Å². The van der Waals surface area contributed by atoms with Gasteiger partial charge in [0, 0.05) is 22.4 Å². The Morgan fingerprint density at radius 1 is 1.10 bits per heavy atom. The van der Waals surface area contributed by atoms with Crippen molar-refractivity contribution >= 4 is 17.5 Å². The van der Waals surface area contributed by atoms with Crippen LogP contribution in [-0.4, -0.2) is 34.2 Å². The van der Waals surface area contributed by atoms with Gasteiger partial charge in [-0.15, -0.1) is 0 Å². The molecular formula is C22H25F3N2O4. The Morgan fingerprint density at radius 3 is 2.29 bits per heavy atom. The van der Waals surface area contributed by atoms with Crippen molar-refractivity contribution in [1.29, 1.82) is 0 Å². The molecule has 4 N–H and O–H groups in total. The van der Waals surface area contributed by atoms with Crippen LogP contribution < -0.4 is 10.6 Å². The largest absolute Gasteiger partial charge is 0.393 e. The van der Waals surface area contributed by atoms with Gasteiger partial charge in [0.25, 0.3) is 11.8 Å². The molecule has 0 radical (unpaired) electrons. The monoisotopic (exact) mass is 438 g/mol. The first-order valence-corrected chi connectivity index (χ1v) is 9.47. The molecule has 0 aromatic heterocycles. The lowest BCUT2D eigenvalue weighted by Gasteiger charge is -2.27. The van der Waals surface area contributed by atoms with Gasteiger partial charge >= 0.3 is 5.92 Å². The molecule has 0 aliphatic heterocycles. The Bertz CT molecular complexity index is 987. The first-order chi connectivity index (χ1) is 14.3. The molecule has 2 amide bonds. The molecule has 31 heavy (non-hydrogen) atoms. The summed E-state index contributed by atoms with van der Waals surface area (Å²) in [4.78, 5) is 24.8. The molecule has 0 fully saturated rings. The predicted molar refractivity (Wildman–Crippen MR) is 109 cm³/mol. The molecule has 2 aromatic carbocycles. The zero-order valence-electron chi connectivity index (χ0n) is 17.6. The van der Waals surface area contributed by atoms with E-state index >= 15 is 8.78 Å². The van der Waals surface area contributed by atoms with Gasteiger partial charge < -0.3 is 20.8 Å². The van der Waals surface area contributed by atoms with E-state index in [0.717, 1.165) is 18.2 Å². The second-order valence-electron chi connectivity index (χ2n) is 8.20. The van der Waals surface area contributed by atoms with Crippen LogP contribution >= 0.6 is 0 Å². The molecule has 0 heterocycles. The quantitative estimate of drug-likeness (QED) is 0.556. The fraction of sp³-hybridized carbons (Fsp3) is 0.364. The van der Waals surface area contributed by atoms with Gasteiger partial charge in [-0.25, -0.2) is 4.39 Å². The van der Waals surface area contributed by atoms with E-state index in [9.17, 15) is 24.2 Å². The second-order valence-corrected chi connectivity index (χ2v) is 8.20. The van der Waals surface area contributed by atoms with Gasteiger partial charge in [-0.2, -0.15) is 8.78 Å². The number of aliphatic hydroxyl groups is 2. The molecule has 0 bridgehead atoms. The highest BCUT2D eigenvalue weighted by molar-refractivity contribution is 6.04. The van der Waals surface area contributed by atoms with E-state index in [4.69, 9.17) is 0 Å². The molecule has 168 valence electrons. The molecule has 1 unspecified atom stereocenters. The molecule has 1 atom stereocenters. The molecule has 0 saturated heterocycles. The normalized spacial score (nSPS) is 12.9. The van der Waals surface area contributed by atoms with Crippen molar-refractivity contribution in [2.24, 2.45) is 0 Å². The summed E-state index contributed by atoms with van der Waals surface area (Å²) in [6.07, 6.45) is -1.68. The van der Waals surface area contributed by atoms with Crippen molar-refractivity contribution < 1.29 is 33.0 Å².